The summed E-state index contributed by atoms with van der Waals surface area (Å²) < 4.78 is 1.30. The lowest BCUT2D eigenvalue weighted by molar-refractivity contribution is 0.691. The Morgan fingerprint density at radius 2 is 2.10 bits per heavy atom. The zero-order chi connectivity index (χ0) is 13.5. The van der Waals surface area contributed by atoms with E-state index in [9.17, 15) is 0 Å². The average Bonchev–Trinajstić information content (AvgIpc) is 2.89. The number of fused-ring (bicyclic) bond motifs is 2. The molecule has 20 heavy (non-hydrogen) atoms. The van der Waals surface area contributed by atoms with Gasteiger partial charge in [-0.1, -0.05) is 24.3 Å². The largest absolute Gasteiger partial charge is 0.384 e. The van der Waals surface area contributed by atoms with E-state index in [-0.39, 0.29) is 0 Å². The van der Waals surface area contributed by atoms with Gasteiger partial charge in [0.05, 0.1) is 15.2 Å². The number of hydrogen-bond donors (Lipinski definition) is 1. The predicted octanol–water partition coefficient (Wildman–Crippen LogP) is 4.36. The number of nitrogens with zero attached hydrogens (tertiary/aromatic N) is 1. The predicted molar refractivity (Wildman–Crippen MR) is 85.7 cm³/mol. The van der Waals surface area contributed by atoms with Gasteiger partial charge in [0, 0.05) is 18.2 Å². The first-order valence-corrected chi connectivity index (χ1v) is 7.80. The monoisotopic (exact) mass is 280 g/mol. The highest BCUT2D eigenvalue weighted by molar-refractivity contribution is 7.18. The molecule has 0 saturated heterocycles. The maximum absolute atomic E-state index is 4.85. The van der Waals surface area contributed by atoms with Crippen LogP contribution in [-0.4, -0.2) is 11.5 Å². The summed E-state index contributed by atoms with van der Waals surface area (Å²) in [6, 6.07) is 15.1. The van der Waals surface area contributed by atoms with Crippen molar-refractivity contribution in [3.05, 3.63) is 58.6 Å². The fraction of sp³-hybridized carbons (Fsp3) is 0.235. The molecule has 0 aliphatic carbocycles. The molecule has 100 valence electrons. The molecule has 0 radical (unpaired) electrons. The Hall–Kier alpha value is -1.87. The number of anilines is 1. The first-order valence-electron chi connectivity index (χ1n) is 6.98. The zero-order valence-electron chi connectivity index (χ0n) is 11.4. The molecule has 0 fully saturated rings. The molecule has 2 nitrogen and oxygen atoms in total. The van der Waals surface area contributed by atoms with Crippen LogP contribution in [0.25, 0.3) is 10.2 Å². The molecule has 1 unspecified atom stereocenters. The quantitative estimate of drug-likeness (QED) is 0.716. The van der Waals surface area contributed by atoms with Crippen LogP contribution in [0.15, 0.2) is 42.5 Å². The fourth-order valence-electron chi connectivity index (χ4n) is 2.85. The van der Waals surface area contributed by atoms with Crippen molar-refractivity contribution in [2.75, 3.05) is 11.9 Å². The Bertz CT molecular complexity index is 776. The van der Waals surface area contributed by atoms with E-state index in [0.717, 1.165) is 18.5 Å². The summed E-state index contributed by atoms with van der Waals surface area (Å²) in [5.74, 6) is 0.489. The third-order valence-corrected chi connectivity index (χ3v) is 5.13. The lowest BCUT2D eigenvalue weighted by Crippen LogP contribution is -2.21. The number of benzene rings is 2. The number of hydrogen-bond acceptors (Lipinski definition) is 3. The Morgan fingerprint density at radius 3 is 3.05 bits per heavy atom. The Labute approximate surface area is 122 Å². The van der Waals surface area contributed by atoms with E-state index >= 15 is 0 Å². The minimum Gasteiger partial charge on any atom is -0.384 e. The molecule has 1 aromatic heterocycles. The van der Waals surface area contributed by atoms with E-state index in [1.165, 1.54) is 26.5 Å². The summed E-state index contributed by atoms with van der Waals surface area (Å²) in [5, 5.41) is 4.79. The second kappa shape index (κ2) is 4.60. The van der Waals surface area contributed by atoms with E-state index in [1.807, 2.05) is 11.3 Å². The number of thiazole rings is 1. The van der Waals surface area contributed by atoms with Gasteiger partial charge in [-0.2, -0.15) is 0 Å². The smallest absolute Gasteiger partial charge is 0.0990 e. The van der Waals surface area contributed by atoms with Crippen molar-refractivity contribution in [3.8, 4) is 0 Å². The van der Waals surface area contributed by atoms with Gasteiger partial charge >= 0.3 is 0 Å². The van der Waals surface area contributed by atoms with Crippen molar-refractivity contribution >= 4 is 27.2 Å². The second-order valence-electron chi connectivity index (χ2n) is 5.46. The third kappa shape index (κ3) is 1.98. The summed E-state index contributed by atoms with van der Waals surface area (Å²) in [6.45, 7) is 3.10. The van der Waals surface area contributed by atoms with E-state index < -0.39 is 0 Å². The van der Waals surface area contributed by atoms with Crippen molar-refractivity contribution in [2.24, 2.45) is 0 Å². The van der Waals surface area contributed by atoms with Gasteiger partial charge in [-0.25, -0.2) is 4.98 Å². The van der Waals surface area contributed by atoms with Crippen LogP contribution in [0.1, 0.15) is 22.1 Å². The van der Waals surface area contributed by atoms with Crippen LogP contribution in [0.3, 0.4) is 0 Å². The van der Waals surface area contributed by atoms with Gasteiger partial charge in [0.1, 0.15) is 0 Å². The Morgan fingerprint density at radius 1 is 1.20 bits per heavy atom. The molecule has 1 atom stereocenters. The number of nitrogens with one attached hydrogen (secondary N) is 1. The molecule has 0 bridgehead atoms. The van der Waals surface area contributed by atoms with E-state index in [2.05, 4.69) is 54.7 Å². The molecule has 0 spiro atoms. The molecule has 4 rings (SSSR count). The van der Waals surface area contributed by atoms with Crippen LogP contribution in [0.4, 0.5) is 5.69 Å². The summed E-state index contributed by atoms with van der Waals surface area (Å²) in [6.07, 6.45) is 1.09. The molecule has 3 aromatic rings. The van der Waals surface area contributed by atoms with Crippen molar-refractivity contribution in [3.63, 3.8) is 0 Å². The first kappa shape index (κ1) is 11.9. The lowest BCUT2D eigenvalue weighted by Gasteiger charge is -2.24. The van der Waals surface area contributed by atoms with Crippen molar-refractivity contribution in [1.82, 2.24) is 4.98 Å². The van der Waals surface area contributed by atoms with Crippen molar-refractivity contribution in [1.29, 1.82) is 0 Å². The normalized spacial score (nSPS) is 17.8. The maximum Gasteiger partial charge on any atom is 0.0990 e. The Balaban J connectivity index is 1.70. The fourth-order valence-corrected chi connectivity index (χ4v) is 3.89. The van der Waals surface area contributed by atoms with Gasteiger partial charge in [0.2, 0.25) is 0 Å². The van der Waals surface area contributed by atoms with Gasteiger partial charge < -0.3 is 5.32 Å². The van der Waals surface area contributed by atoms with Crippen molar-refractivity contribution < 1.29 is 0 Å². The van der Waals surface area contributed by atoms with Gasteiger partial charge in [-0.05, 0) is 42.7 Å². The highest BCUT2D eigenvalue weighted by Gasteiger charge is 2.22. The topological polar surface area (TPSA) is 24.9 Å². The van der Waals surface area contributed by atoms with Crippen LogP contribution < -0.4 is 5.32 Å². The Kier molecular flexibility index (Phi) is 2.74. The number of aryl methyl sites for hydroxylation is 1. The molecule has 1 aliphatic rings. The minimum atomic E-state index is 0.489. The SMILES string of the molecule is Cc1ccc2sc(C3CNc4ccccc4C3)nc2c1. The number of rotatable bonds is 1. The molecule has 0 saturated carbocycles. The molecule has 3 heteroatoms. The average molecular weight is 280 g/mol. The van der Waals surface area contributed by atoms with Crippen LogP contribution in [0.2, 0.25) is 0 Å². The first-order chi connectivity index (χ1) is 9.79. The molecule has 2 heterocycles. The van der Waals surface area contributed by atoms with Crippen LogP contribution in [0.5, 0.6) is 0 Å². The minimum absolute atomic E-state index is 0.489. The molecule has 0 amide bonds. The van der Waals surface area contributed by atoms with Gasteiger partial charge in [-0.3, -0.25) is 0 Å². The highest BCUT2D eigenvalue weighted by Crippen LogP contribution is 2.34. The van der Waals surface area contributed by atoms with E-state index in [1.54, 1.807) is 0 Å². The number of aromatic nitrogens is 1. The third-order valence-electron chi connectivity index (χ3n) is 3.93. The number of para-hydroxylation sites is 1. The molecule has 1 aliphatic heterocycles. The summed E-state index contributed by atoms with van der Waals surface area (Å²) in [5.41, 5.74) is 5.10. The lowest BCUT2D eigenvalue weighted by atomic mass is 9.94. The second-order valence-corrected chi connectivity index (χ2v) is 6.52. The molecule has 2 aromatic carbocycles. The van der Waals surface area contributed by atoms with Crippen molar-refractivity contribution in [2.45, 2.75) is 19.3 Å². The standard InChI is InChI=1S/C17H16N2S/c1-11-6-7-16-15(8-11)19-17(20-16)13-9-12-4-2-3-5-14(12)18-10-13/h2-8,13,18H,9-10H2,1H3. The summed E-state index contributed by atoms with van der Waals surface area (Å²) >= 11 is 1.84. The van der Waals surface area contributed by atoms with Crippen LogP contribution in [-0.2, 0) is 6.42 Å². The highest BCUT2D eigenvalue weighted by atomic mass is 32.1. The summed E-state index contributed by atoms with van der Waals surface area (Å²) in [7, 11) is 0. The van der Waals surface area contributed by atoms with Gasteiger partial charge in [0.25, 0.3) is 0 Å². The summed E-state index contributed by atoms with van der Waals surface area (Å²) in [4.78, 5) is 4.85. The maximum atomic E-state index is 4.85. The van der Waals surface area contributed by atoms with Gasteiger partial charge in [-0.15, -0.1) is 11.3 Å². The van der Waals surface area contributed by atoms with E-state index in [0.29, 0.717) is 5.92 Å². The van der Waals surface area contributed by atoms with Crippen LogP contribution >= 0.6 is 11.3 Å². The molecular formula is C17H16N2S. The molecular weight excluding hydrogens is 264 g/mol. The molecule has 1 N–H and O–H groups in total. The van der Waals surface area contributed by atoms with Gasteiger partial charge in [0.15, 0.2) is 0 Å². The van der Waals surface area contributed by atoms with E-state index in [4.69, 9.17) is 4.98 Å². The van der Waals surface area contributed by atoms with Crippen LogP contribution in [0, 0.1) is 6.92 Å². The zero-order valence-corrected chi connectivity index (χ0v) is 12.2.